The number of carbonyl (C=O) groups is 2. The van der Waals surface area contributed by atoms with E-state index in [1.165, 1.54) is 5.57 Å². The van der Waals surface area contributed by atoms with E-state index >= 15 is 0 Å². The number of hydrogen-bond donors (Lipinski definition) is 0. The van der Waals surface area contributed by atoms with Gasteiger partial charge in [-0.1, -0.05) is 49.2 Å². The minimum atomic E-state index is -0.245. The summed E-state index contributed by atoms with van der Waals surface area (Å²) in [6.45, 7) is 4.51. The average molecular weight is 407 g/mol. The lowest BCUT2D eigenvalue weighted by Crippen LogP contribution is -2.49. The van der Waals surface area contributed by atoms with Crippen LogP contribution >= 0.6 is 11.6 Å². The average Bonchev–Trinajstić information content (AvgIpc) is 2.95. The Labute approximate surface area is 177 Å². The van der Waals surface area contributed by atoms with Crippen molar-refractivity contribution in [2.75, 3.05) is 0 Å². The quantitative estimate of drug-likeness (QED) is 0.519. The summed E-state index contributed by atoms with van der Waals surface area (Å²) in [6, 6.07) is 7.73. The normalized spacial score (nSPS) is 39.8. The van der Waals surface area contributed by atoms with Crippen molar-refractivity contribution in [2.45, 2.75) is 46.0 Å². The van der Waals surface area contributed by atoms with Crippen LogP contribution in [0.15, 0.2) is 53.6 Å². The Morgan fingerprint density at radius 1 is 1.07 bits per heavy atom. The molecule has 0 radical (unpaired) electrons. The molecule has 29 heavy (non-hydrogen) atoms. The minimum Gasteiger partial charge on any atom is -0.294 e. The molecule has 2 nitrogen and oxygen atoms in total. The number of hydrogen-bond acceptors (Lipinski definition) is 2. The van der Waals surface area contributed by atoms with Gasteiger partial charge in [-0.05, 0) is 91.4 Å². The summed E-state index contributed by atoms with van der Waals surface area (Å²) in [5, 5.41) is 0.715. The number of halogens is 1. The summed E-state index contributed by atoms with van der Waals surface area (Å²) in [5.41, 5.74) is 3.05. The van der Waals surface area contributed by atoms with Crippen molar-refractivity contribution in [1.29, 1.82) is 0 Å². The summed E-state index contributed by atoms with van der Waals surface area (Å²) >= 11 is 6.01. The van der Waals surface area contributed by atoms with Crippen LogP contribution in [-0.4, -0.2) is 11.6 Å². The van der Waals surface area contributed by atoms with Gasteiger partial charge >= 0.3 is 0 Å². The minimum absolute atomic E-state index is 0.0240. The van der Waals surface area contributed by atoms with Crippen LogP contribution in [0.25, 0.3) is 6.08 Å². The van der Waals surface area contributed by atoms with Crippen LogP contribution in [0.2, 0.25) is 5.02 Å². The van der Waals surface area contributed by atoms with E-state index in [1.807, 2.05) is 30.3 Å². The third kappa shape index (κ3) is 2.83. The molecule has 1 aromatic rings. The molecule has 0 heterocycles. The first-order valence-corrected chi connectivity index (χ1v) is 11.1. The van der Waals surface area contributed by atoms with Crippen molar-refractivity contribution in [1.82, 2.24) is 0 Å². The van der Waals surface area contributed by atoms with Crippen LogP contribution in [0.3, 0.4) is 0 Å². The molecule has 0 aliphatic heterocycles. The number of carbonyl (C=O) groups excluding carboxylic acids is 2. The molecule has 0 spiro atoms. The first-order valence-electron chi connectivity index (χ1n) is 10.8. The van der Waals surface area contributed by atoms with Crippen molar-refractivity contribution in [2.24, 2.45) is 28.6 Å². The monoisotopic (exact) mass is 406 g/mol. The molecular weight excluding hydrogens is 380 g/mol. The summed E-state index contributed by atoms with van der Waals surface area (Å²) < 4.78 is 0. The molecule has 0 aromatic heterocycles. The van der Waals surface area contributed by atoms with Crippen molar-refractivity contribution < 1.29 is 9.59 Å². The molecule has 0 N–H and O–H groups in total. The van der Waals surface area contributed by atoms with Crippen LogP contribution in [0, 0.1) is 28.6 Å². The Hall–Kier alpha value is -1.93. The van der Waals surface area contributed by atoms with E-state index in [9.17, 15) is 9.59 Å². The summed E-state index contributed by atoms with van der Waals surface area (Å²) in [4.78, 5) is 25.4. The number of benzene rings is 1. The van der Waals surface area contributed by atoms with E-state index in [4.69, 9.17) is 11.6 Å². The zero-order valence-electron chi connectivity index (χ0n) is 17.1. The van der Waals surface area contributed by atoms with Gasteiger partial charge in [-0.3, -0.25) is 9.59 Å². The predicted octanol–water partition coefficient (Wildman–Crippen LogP) is 6.21. The predicted molar refractivity (Wildman–Crippen MR) is 116 cm³/mol. The number of ketones is 2. The maximum Gasteiger partial charge on any atom is 0.178 e. The lowest BCUT2D eigenvalue weighted by molar-refractivity contribution is -0.129. The second-order valence-electron chi connectivity index (χ2n) is 9.81. The molecule has 3 fully saturated rings. The van der Waals surface area contributed by atoms with Gasteiger partial charge in [0.15, 0.2) is 11.6 Å². The van der Waals surface area contributed by atoms with Crippen molar-refractivity contribution in [3.63, 3.8) is 0 Å². The van der Waals surface area contributed by atoms with Gasteiger partial charge in [0, 0.05) is 15.9 Å². The van der Waals surface area contributed by atoms with Crippen molar-refractivity contribution in [3.8, 4) is 0 Å². The molecule has 1 aromatic carbocycles. The van der Waals surface area contributed by atoms with Crippen LogP contribution in [0.4, 0.5) is 0 Å². The van der Waals surface area contributed by atoms with Gasteiger partial charge < -0.3 is 0 Å². The lowest BCUT2D eigenvalue weighted by atomic mass is 9.48. The Balaban J connectivity index is 1.48. The van der Waals surface area contributed by atoms with Crippen LogP contribution in [0.1, 0.15) is 51.5 Å². The fourth-order valence-corrected chi connectivity index (χ4v) is 6.88. The first-order chi connectivity index (χ1) is 13.8. The van der Waals surface area contributed by atoms with Crippen molar-refractivity contribution in [3.05, 3.63) is 64.2 Å². The smallest absolute Gasteiger partial charge is 0.178 e. The van der Waals surface area contributed by atoms with E-state index in [1.54, 1.807) is 6.08 Å². The largest absolute Gasteiger partial charge is 0.294 e. The van der Waals surface area contributed by atoms with Gasteiger partial charge in [0.25, 0.3) is 0 Å². The topological polar surface area (TPSA) is 34.1 Å². The molecule has 3 heteroatoms. The number of Topliss-reactive ketones (excluding diaryl/α,β-unsaturated/α-hetero) is 1. The molecular formula is C26H27ClO2. The highest BCUT2D eigenvalue weighted by atomic mass is 35.5. The van der Waals surface area contributed by atoms with E-state index in [-0.39, 0.29) is 16.6 Å². The Morgan fingerprint density at radius 2 is 1.83 bits per heavy atom. The maximum atomic E-state index is 13.4. The molecule has 4 aliphatic rings. The zero-order valence-corrected chi connectivity index (χ0v) is 17.8. The standard InChI is InChI=1S/C26H27ClO2/c1-25-11-9-20(28)15-18(25)5-8-21-22(25)10-12-26(2)23(21)14-17(24(26)29)13-16-3-6-19(27)7-4-16/h3-4,6-7,9,11,13,15,21-23H,5,8,10,12,14H2,1-2H3/t21-,22+,23+,25+,26+/m1/s1. The summed E-state index contributed by atoms with van der Waals surface area (Å²) in [7, 11) is 0. The van der Waals surface area contributed by atoms with E-state index in [2.05, 4.69) is 26.0 Å². The molecule has 4 aliphatic carbocycles. The first kappa shape index (κ1) is 19.1. The fraction of sp³-hybridized carbons (Fsp3) is 0.462. The van der Waals surface area contributed by atoms with Gasteiger partial charge in [-0.25, -0.2) is 0 Å². The molecule has 5 rings (SSSR count). The lowest BCUT2D eigenvalue weighted by Gasteiger charge is -2.55. The fourth-order valence-electron chi connectivity index (χ4n) is 6.76. The molecule has 3 saturated carbocycles. The van der Waals surface area contributed by atoms with Crippen LogP contribution in [0.5, 0.6) is 0 Å². The number of rotatable bonds is 1. The summed E-state index contributed by atoms with van der Waals surface area (Å²) in [6.07, 6.45) is 12.8. The Morgan fingerprint density at radius 3 is 2.59 bits per heavy atom. The molecule has 0 saturated heterocycles. The Kier molecular flexibility index (Phi) is 4.30. The third-order valence-corrected chi connectivity index (χ3v) is 8.66. The van der Waals surface area contributed by atoms with E-state index in [0.717, 1.165) is 43.2 Å². The number of fused-ring (bicyclic) bond motifs is 5. The Bertz CT molecular complexity index is 982. The van der Waals surface area contributed by atoms with E-state index < -0.39 is 0 Å². The van der Waals surface area contributed by atoms with E-state index in [0.29, 0.717) is 28.6 Å². The molecule has 5 atom stereocenters. The molecule has 0 amide bonds. The second-order valence-corrected chi connectivity index (χ2v) is 10.3. The SMILES string of the molecule is C[C@]12C=CC(=O)C=C1CC[C@@H]1[C@@H]2CC[C@]2(C)C(=O)C(=Cc3ccc(Cl)cc3)C[C@@H]12. The van der Waals surface area contributed by atoms with Crippen LogP contribution < -0.4 is 0 Å². The zero-order chi connectivity index (χ0) is 20.4. The highest BCUT2D eigenvalue weighted by Gasteiger charge is 2.59. The van der Waals surface area contributed by atoms with Gasteiger partial charge in [-0.2, -0.15) is 0 Å². The second kappa shape index (κ2) is 6.54. The highest BCUT2D eigenvalue weighted by Crippen LogP contribution is 2.64. The van der Waals surface area contributed by atoms with Gasteiger partial charge in [0.05, 0.1) is 0 Å². The molecule has 0 bridgehead atoms. The van der Waals surface area contributed by atoms with Crippen molar-refractivity contribution >= 4 is 29.2 Å². The highest BCUT2D eigenvalue weighted by molar-refractivity contribution is 6.30. The third-order valence-electron chi connectivity index (χ3n) is 8.41. The maximum absolute atomic E-state index is 13.4. The molecule has 150 valence electrons. The summed E-state index contributed by atoms with van der Waals surface area (Å²) in [5.74, 6) is 1.93. The number of allylic oxidation sites excluding steroid dienone is 5. The van der Waals surface area contributed by atoms with Crippen LogP contribution in [-0.2, 0) is 9.59 Å². The molecule has 0 unspecified atom stereocenters. The van der Waals surface area contributed by atoms with Gasteiger partial charge in [0.2, 0.25) is 0 Å². The van der Waals surface area contributed by atoms with Gasteiger partial charge in [-0.15, -0.1) is 0 Å². The van der Waals surface area contributed by atoms with Gasteiger partial charge in [0.1, 0.15) is 0 Å².